The van der Waals surface area contributed by atoms with Crippen LogP contribution in [0, 0.1) is 11.3 Å². The van der Waals surface area contributed by atoms with Crippen LogP contribution in [0.15, 0.2) is 19.5 Å². The Bertz CT molecular complexity index is 525. The number of hydrogen-bond acceptors (Lipinski definition) is 3. The summed E-state index contributed by atoms with van der Waals surface area (Å²) in [4.78, 5) is 10.9. The van der Waals surface area contributed by atoms with Gasteiger partial charge in [0.1, 0.15) is 6.07 Å². The fraction of sp³-hybridized carbons (Fsp3) is 0.273. The summed E-state index contributed by atoms with van der Waals surface area (Å²) < 4.78 is 6.81. The summed E-state index contributed by atoms with van der Waals surface area (Å²) in [5, 5.41) is 18.0. The smallest absolute Gasteiger partial charge is 0.333 e. The van der Waals surface area contributed by atoms with Crippen molar-refractivity contribution in [3.63, 3.8) is 0 Å². The van der Waals surface area contributed by atoms with E-state index >= 15 is 0 Å². The molecular formula is C11H8Br3NO3. The molecule has 96 valence electrons. The van der Waals surface area contributed by atoms with Crippen LogP contribution in [-0.4, -0.2) is 24.3 Å². The van der Waals surface area contributed by atoms with Crippen LogP contribution in [0.3, 0.4) is 0 Å². The first kappa shape index (κ1) is 15.6. The Balaban J connectivity index is 3.25. The molecule has 0 spiro atoms. The Morgan fingerprint density at radius 3 is 2.56 bits per heavy atom. The zero-order valence-electron chi connectivity index (χ0n) is 9.21. The van der Waals surface area contributed by atoms with Crippen LogP contribution in [0.5, 0.6) is 0 Å². The summed E-state index contributed by atoms with van der Waals surface area (Å²) in [6.07, 6.45) is -0.792. The van der Waals surface area contributed by atoms with Gasteiger partial charge in [0.15, 0.2) is 6.10 Å². The van der Waals surface area contributed by atoms with E-state index in [9.17, 15) is 4.79 Å². The number of ether oxygens (including phenoxy) is 1. The molecular weight excluding hydrogens is 434 g/mol. The van der Waals surface area contributed by atoms with Crippen molar-refractivity contribution in [3.05, 3.63) is 30.6 Å². The fourth-order valence-electron chi connectivity index (χ4n) is 1.38. The van der Waals surface area contributed by atoms with E-state index in [1.807, 2.05) is 6.07 Å². The SMILES string of the molecule is COC(Cc1c(Br)cc(Br)c(C#N)c1Br)C(=O)O. The van der Waals surface area contributed by atoms with Crippen molar-refractivity contribution in [2.45, 2.75) is 12.5 Å². The molecule has 0 heterocycles. The first-order valence-corrected chi connectivity index (χ1v) is 7.12. The Morgan fingerprint density at radius 2 is 2.11 bits per heavy atom. The van der Waals surface area contributed by atoms with E-state index in [-0.39, 0.29) is 6.42 Å². The molecule has 1 aromatic rings. The number of carbonyl (C=O) groups is 1. The predicted molar refractivity (Wildman–Crippen MR) is 76.4 cm³/mol. The van der Waals surface area contributed by atoms with Gasteiger partial charge in [-0.3, -0.25) is 0 Å². The first-order valence-electron chi connectivity index (χ1n) is 4.74. The molecule has 0 aliphatic rings. The van der Waals surface area contributed by atoms with Gasteiger partial charge >= 0.3 is 5.97 Å². The Labute approximate surface area is 129 Å². The normalized spacial score (nSPS) is 11.9. The van der Waals surface area contributed by atoms with Crippen molar-refractivity contribution in [1.82, 2.24) is 0 Å². The average Bonchev–Trinajstić information content (AvgIpc) is 2.28. The Morgan fingerprint density at radius 1 is 1.50 bits per heavy atom. The van der Waals surface area contributed by atoms with E-state index in [2.05, 4.69) is 47.8 Å². The highest BCUT2D eigenvalue weighted by molar-refractivity contribution is 9.11. The monoisotopic (exact) mass is 439 g/mol. The van der Waals surface area contributed by atoms with Crippen LogP contribution < -0.4 is 0 Å². The van der Waals surface area contributed by atoms with E-state index < -0.39 is 12.1 Å². The van der Waals surface area contributed by atoms with E-state index in [1.54, 1.807) is 6.07 Å². The highest BCUT2D eigenvalue weighted by Crippen LogP contribution is 2.35. The lowest BCUT2D eigenvalue weighted by Crippen LogP contribution is -2.25. The molecule has 7 heteroatoms. The third kappa shape index (κ3) is 3.32. The van der Waals surface area contributed by atoms with Gasteiger partial charge in [0, 0.05) is 26.9 Å². The number of nitrogens with zero attached hydrogens (tertiary/aromatic N) is 1. The van der Waals surface area contributed by atoms with Crippen molar-refractivity contribution in [3.8, 4) is 6.07 Å². The maximum Gasteiger partial charge on any atom is 0.333 e. The van der Waals surface area contributed by atoms with Crippen molar-refractivity contribution in [2.24, 2.45) is 0 Å². The number of aliphatic carboxylic acids is 1. The maximum absolute atomic E-state index is 10.9. The zero-order chi connectivity index (χ0) is 13.9. The molecule has 4 nitrogen and oxygen atoms in total. The second-order valence-electron chi connectivity index (χ2n) is 3.39. The van der Waals surface area contributed by atoms with Crippen LogP contribution in [0.2, 0.25) is 0 Å². The lowest BCUT2D eigenvalue weighted by atomic mass is 10.1. The minimum atomic E-state index is -1.04. The first-order chi connectivity index (χ1) is 8.42. The standard InChI is InChI=1S/C11H8Br3NO3/c1-18-9(11(16)17)2-5-7(12)3-8(13)6(4-15)10(5)14/h3,9H,2H2,1H3,(H,16,17). The number of halogens is 3. The molecule has 0 aromatic heterocycles. The van der Waals surface area contributed by atoms with Gasteiger partial charge in [0.2, 0.25) is 0 Å². The van der Waals surface area contributed by atoms with Crippen molar-refractivity contribution in [2.75, 3.05) is 7.11 Å². The minimum absolute atomic E-state index is 0.162. The molecule has 0 radical (unpaired) electrons. The van der Waals surface area contributed by atoms with Gasteiger partial charge in [-0.25, -0.2) is 4.79 Å². The third-order valence-electron chi connectivity index (χ3n) is 2.33. The molecule has 0 saturated carbocycles. The van der Waals surface area contributed by atoms with Crippen LogP contribution in [0.4, 0.5) is 0 Å². The van der Waals surface area contributed by atoms with Gasteiger partial charge in [-0.2, -0.15) is 5.26 Å². The highest BCUT2D eigenvalue weighted by atomic mass is 79.9. The molecule has 0 saturated heterocycles. The Kier molecular flexibility index (Phi) is 5.79. The summed E-state index contributed by atoms with van der Waals surface area (Å²) in [5.74, 6) is -1.04. The molecule has 0 bridgehead atoms. The molecule has 1 N–H and O–H groups in total. The fourth-order valence-corrected chi connectivity index (χ4v) is 4.00. The van der Waals surface area contributed by atoms with Gasteiger partial charge in [0.25, 0.3) is 0 Å². The van der Waals surface area contributed by atoms with Crippen molar-refractivity contribution < 1.29 is 14.6 Å². The topological polar surface area (TPSA) is 70.3 Å². The van der Waals surface area contributed by atoms with E-state index in [1.165, 1.54) is 7.11 Å². The zero-order valence-corrected chi connectivity index (χ0v) is 14.0. The number of carboxylic acid groups (broad SMARTS) is 1. The lowest BCUT2D eigenvalue weighted by Gasteiger charge is -2.14. The van der Waals surface area contributed by atoms with Crippen LogP contribution in [0.25, 0.3) is 0 Å². The number of rotatable bonds is 4. The average molecular weight is 442 g/mol. The van der Waals surface area contributed by atoms with E-state index in [4.69, 9.17) is 15.1 Å². The predicted octanol–water partition coefficient (Wildman–Crippen LogP) is 3.49. The molecule has 18 heavy (non-hydrogen) atoms. The van der Waals surface area contributed by atoms with Crippen molar-refractivity contribution in [1.29, 1.82) is 5.26 Å². The molecule has 0 fully saturated rings. The number of hydrogen-bond donors (Lipinski definition) is 1. The summed E-state index contributed by atoms with van der Waals surface area (Å²) in [6.45, 7) is 0. The number of benzene rings is 1. The molecule has 0 aliphatic heterocycles. The molecule has 0 amide bonds. The van der Waals surface area contributed by atoms with Gasteiger partial charge in [-0.15, -0.1) is 0 Å². The maximum atomic E-state index is 10.9. The minimum Gasteiger partial charge on any atom is -0.479 e. The summed E-state index contributed by atoms with van der Waals surface area (Å²) >= 11 is 9.94. The Hall–Kier alpha value is -0.420. The summed E-state index contributed by atoms with van der Waals surface area (Å²) in [5.41, 5.74) is 1.11. The summed E-state index contributed by atoms with van der Waals surface area (Å²) in [6, 6.07) is 3.76. The van der Waals surface area contributed by atoms with Gasteiger partial charge < -0.3 is 9.84 Å². The van der Waals surface area contributed by atoms with E-state index in [0.29, 0.717) is 24.5 Å². The number of methoxy groups -OCH3 is 1. The van der Waals surface area contributed by atoms with Gasteiger partial charge in [-0.1, -0.05) is 15.9 Å². The van der Waals surface area contributed by atoms with Crippen LogP contribution in [-0.2, 0) is 16.0 Å². The van der Waals surface area contributed by atoms with Crippen LogP contribution in [0.1, 0.15) is 11.1 Å². The summed E-state index contributed by atoms with van der Waals surface area (Å²) in [7, 11) is 1.34. The third-order valence-corrected chi connectivity index (χ3v) is 4.53. The van der Waals surface area contributed by atoms with E-state index in [0.717, 1.165) is 0 Å². The highest BCUT2D eigenvalue weighted by Gasteiger charge is 2.22. The second kappa shape index (κ2) is 6.66. The molecule has 1 rings (SSSR count). The lowest BCUT2D eigenvalue weighted by molar-refractivity contribution is -0.148. The van der Waals surface area contributed by atoms with Crippen molar-refractivity contribution >= 4 is 53.8 Å². The largest absolute Gasteiger partial charge is 0.479 e. The molecule has 1 aromatic carbocycles. The van der Waals surface area contributed by atoms with Crippen LogP contribution >= 0.6 is 47.8 Å². The second-order valence-corrected chi connectivity index (χ2v) is 5.89. The number of nitriles is 1. The molecule has 1 atom stereocenters. The quantitative estimate of drug-likeness (QED) is 0.776. The van der Waals surface area contributed by atoms with Gasteiger partial charge in [0.05, 0.1) is 5.56 Å². The number of carboxylic acids is 1. The molecule has 1 unspecified atom stereocenters. The molecule has 0 aliphatic carbocycles. The van der Waals surface area contributed by atoms with Gasteiger partial charge in [-0.05, 0) is 43.5 Å².